The van der Waals surface area contributed by atoms with E-state index in [2.05, 4.69) is 4.74 Å². The fourth-order valence-corrected chi connectivity index (χ4v) is 2.06. The lowest BCUT2D eigenvalue weighted by molar-refractivity contribution is -0.151. The van der Waals surface area contributed by atoms with E-state index in [1.165, 1.54) is 12.1 Å². The number of hydrogen-bond donors (Lipinski definition) is 1. The van der Waals surface area contributed by atoms with Crippen molar-refractivity contribution in [3.05, 3.63) is 35.4 Å². The highest BCUT2D eigenvalue weighted by atomic mass is 16.5. The van der Waals surface area contributed by atoms with Crippen LogP contribution in [0.4, 0.5) is 0 Å². The van der Waals surface area contributed by atoms with E-state index in [0.717, 1.165) is 7.11 Å². The molecular weight excluding hydrogens is 266 g/mol. The van der Waals surface area contributed by atoms with Crippen molar-refractivity contribution in [2.45, 2.75) is 5.92 Å². The molecule has 1 heterocycles. The van der Waals surface area contributed by atoms with Crippen LogP contribution in [0.2, 0.25) is 0 Å². The molecule has 0 aromatic heterocycles. The smallest absolute Gasteiger partial charge is 0.325 e. The Labute approximate surface area is 113 Å². The Balaban J connectivity index is 2.50. The molecule has 1 atom stereocenters. The minimum atomic E-state index is -1.49. The predicted molar refractivity (Wildman–Crippen MR) is 64.9 cm³/mol. The second-order valence-corrected chi connectivity index (χ2v) is 4.16. The standard InChI is InChI=1S/C13H11NO6/c1-20-9(15)6-14-11(16)8-5-3-2-4-7(8)10(12(14)17)13(18)19/h2-5,10H,6H2,1H3,(H,18,19). The van der Waals surface area contributed by atoms with E-state index < -0.39 is 36.2 Å². The summed E-state index contributed by atoms with van der Waals surface area (Å²) in [5.41, 5.74) is 0.236. The van der Waals surface area contributed by atoms with Gasteiger partial charge in [0, 0.05) is 5.56 Å². The zero-order valence-electron chi connectivity index (χ0n) is 10.5. The van der Waals surface area contributed by atoms with Gasteiger partial charge in [0.15, 0.2) is 5.92 Å². The molecule has 1 aromatic rings. The van der Waals surface area contributed by atoms with Gasteiger partial charge in [-0.05, 0) is 11.6 Å². The van der Waals surface area contributed by atoms with Gasteiger partial charge in [-0.3, -0.25) is 24.1 Å². The number of esters is 1. The van der Waals surface area contributed by atoms with Gasteiger partial charge in [-0.1, -0.05) is 18.2 Å². The van der Waals surface area contributed by atoms with E-state index >= 15 is 0 Å². The molecule has 2 rings (SSSR count). The van der Waals surface area contributed by atoms with Crippen molar-refractivity contribution in [1.29, 1.82) is 0 Å². The number of ether oxygens (including phenoxy) is 1. The van der Waals surface area contributed by atoms with E-state index in [1.54, 1.807) is 12.1 Å². The maximum absolute atomic E-state index is 12.2. The van der Waals surface area contributed by atoms with Crippen molar-refractivity contribution in [1.82, 2.24) is 4.90 Å². The number of fused-ring (bicyclic) bond motifs is 1. The summed E-state index contributed by atoms with van der Waals surface area (Å²) in [5, 5.41) is 9.18. The second kappa shape index (κ2) is 5.12. The van der Waals surface area contributed by atoms with Gasteiger partial charge in [0.25, 0.3) is 5.91 Å². The van der Waals surface area contributed by atoms with Gasteiger partial charge >= 0.3 is 11.9 Å². The highest BCUT2D eigenvalue weighted by Gasteiger charge is 2.43. The molecule has 20 heavy (non-hydrogen) atoms. The molecule has 1 N–H and O–H groups in total. The van der Waals surface area contributed by atoms with E-state index in [-0.39, 0.29) is 11.1 Å². The maximum atomic E-state index is 12.2. The minimum absolute atomic E-state index is 0.100. The summed E-state index contributed by atoms with van der Waals surface area (Å²) in [4.78, 5) is 47.4. The van der Waals surface area contributed by atoms with Gasteiger partial charge in [-0.25, -0.2) is 0 Å². The number of benzene rings is 1. The Hall–Kier alpha value is -2.70. The molecule has 0 fully saturated rings. The molecule has 104 valence electrons. The Morgan fingerprint density at radius 1 is 1.30 bits per heavy atom. The van der Waals surface area contributed by atoms with Crippen molar-refractivity contribution in [3.63, 3.8) is 0 Å². The van der Waals surface area contributed by atoms with Gasteiger partial charge < -0.3 is 9.84 Å². The lowest BCUT2D eigenvalue weighted by Crippen LogP contribution is -2.49. The number of carboxylic acids is 1. The molecule has 0 saturated carbocycles. The van der Waals surface area contributed by atoms with Crippen LogP contribution in [0.25, 0.3) is 0 Å². The number of nitrogens with zero attached hydrogens (tertiary/aromatic N) is 1. The third-order valence-electron chi connectivity index (χ3n) is 3.02. The molecule has 0 radical (unpaired) electrons. The van der Waals surface area contributed by atoms with Gasteiger partial charge in [-0.15, -0.1) is 0 Å². The SMILES string of the molecule is COC(=O)CN1C(=O)c2ccccc2C(C(=O)O)C1=O. The summed E-state index contributed by atoms with van der Waals surface area (Å²) >= 11 is 0. The number of carbonyl (C=O) groups is 4. The van der Waals surface area contributed by atoms with Crippen LogP contribution < -0.4 is 0 Å². The van der Waals surface area contributed by atoms with Crippen LogP contribution in [0.5, 0.6) is 0 Å². The molecular formula is C13H11NO6. The third kappa shape index (κ3) is 2.13. The number of carboxylic acid groups (broad SMARTS) is 1. The number of amides is 2. The first kappa shape index (κ1) is 13.7. The molecule has 1 aliphatic rings. The third-order valence-corrected chi connectivity index (χ3v) is 3.02. The van der Waals surface area contributed by atoms with E-state index in [9.17, 15) is 24.3 Å². The van der Waals surface area contributed by atoms with Crippen molar-refractivity contribution < 1.29 is 29.0 Å². The Bertz CT molecular complexity index is 609. The normalized spacial score (nSPS) is 17.6. The predicted octanol–water partition coefficient (Wildman–Crippen LogP) is 0.0102. The lowest BCUT2D eigenvalue weighted by Gasteiger charge is -2.29. The Kier molecular flexibility index (Phi) is 3.51. The first-order chi connectivity index (χ1) is 9.47. The number of rotatable bonds is 3. The molecule has 0 saturated heterocycles. The molecule has 7 nitrogen and oxygen atoms in total. The maximum Gasteiger partial charge on any atom is 0.325 e. The zero-order valence-corrected chi connectivity index (χ0v) is 10.5. The van der Waals surface area contributed by atoms with Gasteiger partial charge in [-0.2, -0.15) is 0 Å². The van der Waals surface area contributed by atoms with Crippen LogP contribution in [-0.4, -0.2) is 47.4 Å². The van der Waals surface area contributed by atoms with Crippen molar-refractivity contribution >= 4 is 23.8 Å². The van der Waals surface area contributed by atoms with Gasteiger partial charge in [0.1, 0.15) is 6.54 Å². The molecule has 0 spiro atoms. The fourth-order valence-electron chi connectivity index (χ4n) is 2.06. The van der Waals surface area contributed by atoms with Gasteiger partial charge in [0.05, 0.1) is 7.11 Å². The van der Waals surface area contributed by atoms with Crippen LogP contribution in [0.3, 0.4) is 0 Å². The number of imide groups is 1. The molecule has 1 aliphatic heterocycles. The van der Waals surface area contributed by atoms with Crippen LogP contribution in [0.15, 0.2) is 24.3 Å². The van der Waals surface area contributed by atoms with E-state index in [1.807, 2.05) is 0 Å². The average molecular weight is 277 g/mol. The number of methoxy groups -OCH3 is 1. The second-order valence-electron chi connectivity index (χ2n) is 4.16. The molecule has 1 unspecified atom stereocenters. The number of aliphatic carboxylic acids is 1. The summed E-state index contributed by atoms with van der Waals surface area (Å²) in [7, 11) is 1.11. The summed E-state index contributed by atoms with van der Waals surface area (Å²) in [6.07, 6.45) is 0. The largest absolute Gasteiger partial charge is 0.480 e. The highest BCUT2D eigenvalue weighted by molar-refractivity contribution is 6.18. The summed E-state index contributed by atoms with van der Waals surface area (Å²) in [6, 6.07) is 5.94. The monoisotopic (exact) mass is 277 g/mol. The number of carbonyl (C=O) groups excluding carboxylic acids is 3. The van der Waals surface area contributed by atoms with Crippen molar-refractivity contribution in [2.24, 2.45) is 0 Å². The van der Waals surface area contributed by atoms with E-state index in [0.29, 0.717) is 4.90 Å². The molecule has 7 heteroatoms. The average Bonchev–Trinajstić information content (AvgIpc) is 2.43. The fraction of sp³-hybridized carbons (Fsp3) is 0.231. The first-order valence-corrected chi connectivity index (χ1v) is 5.71. The lowest BCUT2D eigenvalue weighted by atomic mass is 9.88. The minimum Gasteiger partial charge on any atom is -0.480 e. The van der Waals surface area contributed by atoms with Gasteiger partial charge in [0.2, 0.25) is 5.91 Å². The molecule has 0 bridgehead atoms. The summed E-state index contributed by atoms with van der Waals surface area (Å²) in [6.45, 7) is -0.605. The highest BCUT2D eigenvalue weighted by Crippen LogP contribution is 2.29. The summed E-state index contributed by atoms with van der Waals surface area (Å²) in [5.74, 6) is -5.30. The first-order valence-electron chi connectivity index (χ1n) is 5.71. The molecule has 1 aromatic carbocycles. The van der Waals surface area contributed by atoms with Crippen LogP contribution in [-0.2, 0) is 19.1 Å². The Morgan fingerprint density at radius 3 is 2.55 bits per heavy atom. The topological polar surface area (TPSA) is 101 Å². The van der Waals surface area contributed by atoms with Crippen LogP contribution >= 0.6 is 0 Å². The molecule has 0 aliphatic carbocycles. The Morgan fingerprint density at radius 2 is 1.95 bits per heavy atom. The van der Waals surface area contributed by atoms with Crippen molar-refractivity contribution in [3.8, 4) is 0 Å². The molecule has 2 amide bonds. The van der Waals surface area contributed by atoms with Crippen LogP contribution in [0, 0.1) is 0 Å². The van der Waals surface area contributed by atoms with Crippen molar-refractivity contribution in [2.75, 3.05) is 13.7 Å². The zero-order chi connectivity index (χ0) is 14.9. The van der Waals surface area contributed by atoms with Crippen LogP contribution in [0.1, 0.15) is 21.8 Å². The number of hydrogen-bond acceptors (Lipinski definition) is 5. The summed E-state index contributed by atoms with van der Waals surface area (Å²) < 4.78 is 4.40. The quantitative estimate of drug-likeness (QED) is 0.474. The van der Waals surface area contributed by atoms with E-state index in [4.69, 9.17) is 0 Å².